The van der Waals surface area contributed by atoms with Crippen molar-refractivity contribution in [1.82, 2.24) is 0 Å². The molecule has 0 fully saturated rings. The molecule has 0 aliphatic carbocycles. The molecule has 0 amide bonds. The van der Waals surface area contributed by atoms with Gasteiger partial charge in [0.1, 0.15) is 0 Å². The Hall–Kier alpha value is 0.438. The minimum absolute atomic E-state index is 0. The van der Waals surface area contributed by atoms with E-state index in [2.05, 4.69) is 0 Å². The number of hydrogen-bond acceptors (Lipinski definition) is 3. The summed E-state index contributed by atoms with van der Waals surface area (Å²) in [5.74, 6) is 0. The first-order chi connectivity index (χ1) is 1.73. The van der Waals surface area contributed by atoms with Gasteiger partial charge in [0, 0.05) is 16.5 Å². The van der Waals surface area contributed by atoms with Crippen LogP contribution < -0.4 is 0 Å². The van der Waals surface area contributed by atoms with Crippen LogP contribution in [0.2, 0.25) is 0 Å². The van der Waals surface area contributed by atoms with Gasteiger partial charge in [-0.05, 0) is 0 Å². The molecule has 0 heterocycles. The van der Waals surface area contributed by atoms with Gasteiger partial charge in [-0.15, -0.1) is 0 Å². The van der Waals surface area contributed by atoms with Crippen molar-refractivity contribution < 1.29 is 31.6 Å². The van der Waals surface area contributed by atoms with E-state index in [0.717, 1.165) is 0 Å². The van der Waals surface area contributed by atoms with Crippen molar-refractivity contribution >= 4 is 7.32 Å². The van der Waals surface area contributed by atoms with E-state index in [1.54, 1.807) is 0 Å². The van der Waals surface area contributed by atoms with Crippen LogP contribution in [-0.4, -0.2) is 22.4 Å². The maximum Gasteiger partial charge on any atom is 0.631 e. The fourth-order valence-corrected chi connectivity index (χ4v) is 0. The Morgan fingerprint density at radius 2 is 1.00 bits per heavy atom. The van der Waals surface area contributed by atoms with E-state index in [0.29, 0.717) is 0 Å². The second kappa shape index (κ2) is 4.44. The first-order valence-corrected chi connectivity index (χ1v) is 0.775. The normalized spacial score (nSPS) is 5.40. The minimum atomic E-state index is -2.17. The van der Waals surface area contributed by atoms with Gasteiger partial charge >= 0.3 is 7.32 Å². The van der Waals surface area contributed by atoms with Crippen molar-refractivity contribution in [2.75, 3.05) is 0 Å². The molecule has 0 aromatic rings. The molecule has 0 unspecified atom stereocenters. The zero-order chi connectivity index (χ0) is 3.58. The number of rotatable bonds is 0. The predicted molar refractivity (Wildman–Crippen MR) is 12.4 cm³/mol. The van der Waals surface area contributed by atoms with Crippen LogP contribution in [0.25, 0.3) is 0 Å². The average molecular weight is 121 g/mol. The minimum Gasteiger partial charge on any atom is -0.402 e. The molecular weight excluding hydrogens is 118 g/mol. The Morgan fingerprint density at radius 3 is 1.00 bits per heavy atom. The molecule has 3 N–H and O–H groups in total. The Balaban J connectivity index is 0. The molecule has 0 aromatic heterocycles. The van der Waals surface area contributed by atoms with Crippen molar-refractivity contribution in [3.05, 3.63) is 0 Å². The smallest absolute Gasteiger partial charge is 0.402 e. The molecule has 0 saturated heterocycles. The molecule has 0 aromatic carbocycles. The van der Waals surface area contributed by atoms with Crippen LogP contribution in [0.5, 0.6) is 0 Å². The van der Waals surface area contributed by atoms with Gasteiger partial charge in [0.15, 0.2) is 0 Å². The van der Waals surface area contributed by atoms with Crippen LogP contribution in [0.15, 0.2) is 0 Å². The van der Waals surface area contributed by atoms with Gasteiger partial charge in [-0.2, -0.15) is 0 Å². The van der Waals surface area contributed by atoms with Gasteiger partial charge in [-0.3, -0.25) is 0 Å². The van der Waals surface area contributed by atoms with Crippen molar-refractivity contribution in [3.63, 3.8) is 0 Å². The third-order valence-corrected chi connectivity index (χ3v) is 0. The van der Waals surface area contributed by atoms with Gasteiger partial charge in [-0.25, -0.2) is 0 Å². The summed E-state index contributed by atoms with van der Waals surface area (Å²) in [5, 5.41) is 21.5. The maximum atomic E-state index is 7.17. The Labute approximate surface area is 39.7 Å². The van der Waals surface area contributed by atoms with E-state index in [1.165, 1.54) is 0 Å². The molecule has 0 saturated carbocycles. The van der Waals surface area contributed by atoms with Crippen LogP contribution in [0.4, 0.5) is 0 Å². The zero-order valence-electron chi connectivity index (χ0n) is 2.24. The quantitative estimate of drug-likeness (QED) is 0.323. The molecule has 0 aliphatic rings. The Bertz CT molecular complexity index is 11.6. The Morgan fingerprint density at radius 1 is 1.00 bits per heavy atom. The molecule has 0 rings (SSSR count). The summed E-state index contributed by atoms with van der Waals surface area (Å²) in [4.78, 5) is 0. The van der Waals surface area contributed by atoms with Crippen molar-refractivity contribution in [3.8, 4) is 0 Å². The van der Waals surface area contributed by atoms with Crippen LogP contribution >= 0.6 is 0 Å². The van der Waals surface area contributed by atoms with E-state index in [-0.39, 0.29) is 16.5 Å². The molecule has 5 heteroatoms. The van der Waals surface area contributed by atoms with E-state index < -0.39 is 7.32 Å². The van der Waals surface area contributed by atoms with Crippen molar-refractivity contribution in [1.29, 1.82) is 0 Å². The summed E-state index contributed by atoms with van der Waals surface area (Å²) in [5.41, 5.74) is 0. The summed E-state index contributed by atoms with van der Waals surface area (Å²) in [6.45, 7) is 0. The summed E-state index contributed by atoms with van der Waals surface area (Å²) in [6.07, 6.45) is 0. The molecule has 0 spiro atoms. The van der Waals surface area contributed by atoms with E-state index >= 15 is 0 Å². The van der Waals surface area contributed by atoms with Crippen LogP contribution in [-0.2, 0) is 16.5 Å². The fourth-order valence-electron chi connectivity index (χ4n) is 0. The maximum absolute atomic E-state index is 7.17. The summed E-state index contributed by atoms with van der Waals surface area (Å²) >= 11 is 0. The molecule has 0 bridgehead atoms. The van der Waals surface area contributed by atoms with Crippen molar-refractivity contribution in [2.45, 2.75) is 0 Å². The number of hydrogen-bond donors (Lipinski definition) is 3. The molecular formula is H3BNiO3. The van der Waals surface area contributed by atoms with Gasteiger partial charge in [-0.1, -0.05) is 0 Å². The van der Waals surface area contributed by atoms with Gasteiger partial charge in [0.2, 0.25) is 0 Å². The average Bonchev–Trinajstić information content (AvgIpc) is 0.811. The zero-order valence-corrected chi connectivity index (χ0v) is 3.22. The monoisotopic (exact) mass is 120 g/mol. The van der Waals surface area contributed by atoms with Crippen LogP contribution in [0.3, 0.4) is 0 Å². The molecule has 34 valence electrons. The topological polar surface area (TPSA) is 60.7 Å². The SMILES string of the molecule is OB(O)O.[Ni]. The predicted octanol–water partition coefficient (Wildman–Crippen LogP) is -2.05. The van der Waals surface area contributed by atoms with Gasteiger partial charge < -0.3 is 15.1 Å². The van der Waals surface area contributed by atoms with Crippen molar-refractivity contribution in [2.24, 2.45) is 0 Å². The van der Waals surface area contributed by atoms with E-state index in [4.69, 9.17) is 15.1 Å². The third kappa shape index (κ3) is 137. The Kier molecular flexibility index (Phi) is 8.04. The summed E-state index contributed by atoms with van der Waals surface area (Å²) in [7, 11) is -2.17. The molecule has 5 heavy (non-hydrogen) atoms. The molecule has 3 nitrogen and oxygen atoms in total. The first kappa shape index (κ1) is 9.06. The van der Waals surface area contributed by atoms with Gasteiger partial charge in [0.05, 0.1) is 0 Å². The molecule has 0 radical (unpaired) electrons. The summed E-state index contributed by atoms with van der Waals surface area (Å²) < 4.78 is 0. The van der Waals surface area contributed by atoms with Crippen LogP contribution in [0.1, 0.15) is 0 Å². The standard InChI is InChI=1S/BH3O3.Ni/c2-1(3)4;/h2-4H;. The second-order valence-electron chi connectivity index (χ2n) is 0.346. The largest absolute Gasteiger partial charge is 0.631 e. The third-order valence-electron chi connectivity index (χ3n) is 0. The fraction of sp³-hybridized carbons (Fsp3) is 0. The van der Waals surface area contributed by atoms with E-state index in [9.17, 15) is 0 Å². The molecule has 0 aliphatic heterocycles. The van der Waals surface area contributed by atoms with Gasteiger partial charge in [0.25, 0.3) is 0 Å². The molecule has 0 atom stereocenters. The first-order valence-electron chi connectivity index (χ1n) is 0.775. The van der Waals surface area contributed by atoms with Crippen LogP contribution in [0, 0.1) is 0 Å². The van der Waals surface area contributed by atoms with E-state index in [1.807, 2.05) is 0 Å². The second-order valence-corrected chi connectivity index (χ2v) is 0.346. The summed E-state index contributed by atoms with van der Waals surface area (Å²) in [6, 6.07) is 0.